The van der Waals surface area contributed by atoms with Crippen molar-refractivity contribution >= 4 is 27.1 Å². The Kier molecular flexibility index (Phi) is 4.68. The van der Waals surface area contributed by atoms with Crippen LogP contribution in [-0.4, -0.2) is 35.8 Å². The fourth-order valence-corrected chi connectivity index (χ4v) is 3.55. The molecule has 0 saturated carbocycles. The lowest BCUT2D eigenvalue weighted by molar-refractivity contribution is 0.414. The third-order valence-corrected chi connectivity index (χ3v) is 5.18. The number of hydrogen-bond acceptors (Lipinski definition) is 6. The van der Waals surface area contributed by atoms with E-state index < -0.39 is 0 Å². The molecule has 2 aromatic carbocycles. The number of benzene rings is 2. The maximum atomic E-state index is 5.18. The van der Waals surface area contributed by atoms with Crippen LogP contribution in [-0.2, 0) is 6.54 Å². The van der Waals surface area contributed by atoms with Crippen molar-refractivity contribution in [2.45, 2.75) is 6.54 Å². The maximum absolute atomic E-state index is 5.18. The fraction of sp³-hybridized carbons (Fsp3) is 0.200. The summed E-state index contributed by atoms with van der Waals surface area (Å²) in [7, 11) is 5.74. The molecule has 0 saturated heterocycles. The average Bonchev–Trinajstić information content (AvgIpc) is 3.25. The zero-order chi connectivity index (χ0) is 18.8. The summed E-state index contributed by atoms with van der Waals surface area (Å²) >= 11 is 1.54. The number of ether oxygens (including phenoxy) is 1. The fourth-order valence-electron chi connectivity index (χ4n) is 2.78. The van der Waals surface area contributed by atoms with Gasteiger partial charge in [-0.3, -0.25) is 0 Å². The normalized spacial score (nSPS) is 10.9. The SMILES string of the molecule is COc1ccc(CNc2nn3cc(-c4cccc(N(C)C)c4)nc3s2)cc1. The summed E-state index contributed by atoms with van der Waals surface area (Å²) in [6.07, 6.45) is 1.97. The Morgan fingerprint density at radius 1 is 1.15 bits per heavy atom. The van der Waals surface area contributed by atoms with Gasteiger partial charge in [0.2, 0.25) is 10.1 Å². The van der Waals surface area contributed by atoms with E-state index in [1.165, 1.54) is 5.56 Å². The highest BCUT2D eigenvalue weighted by atomic mass is 32.1. The van der Waals surface area contributed by atoms with Gasteiger partial charge in [-0.15, -0.1) is 5.10 Å². The number of imidazole rings is 1. The summed E-state index contributed by atoms with van der Waals surface area (Å²) < 4.78 is 7.02. The van der Waals surface area contributed by atoms with Crippen LogP contribution in [0.4, 0.5) is 10.8 Å². The van der Waals surface area contributed by atoms with Crippen molar-refractivity contribution in [3.05, 3.63) is 60.3 Å². The minimum atomic E-state index is 0.707. The number of nitrogens with zero attached hydrogens (tertiary/aromatic N) is 4. The first kappa shape index (κ1) is 17.4. The molecule has 0 spiro atoms. The van der Waals surface area contributed by atoms with E-state index in [1.807, 2.05) is 55.1 Å². The van der Waals surface area contributed by atoms with Gasteiger partial charge in [0, 0.05) is 31.9 Å². The molecule has 0 unspecified atom stereocenters. The Bertz CT molecular complexity index is 1020. The van der Waals surface area contributed by atoms with Crippen LogP contribution < -0.4 is 15.0 Å². The van der Waals surface area contributed by atoms with E-state index in [0.29, 0.717) is 6.54 Å². The molecular formula is C20H21N5OS. The Balaban J connectivity index is 1.49. The Morgan fingerprint density at radius 2 is 1.96 bits per heavy atom. The molecule has 4 aromatic rings. The first-order valence-electron chi connectivity index (χ1n) is 8.63. The zero-order valence-corrected chi connectivity index (χ0v) is 16.3. The van der Waals surface area contributed by atoms with Gasteiger partial charge < -0.3 is 15.0 Å². The molecule has 0 bridgehead atoms. The van der Waals surface area contributed by atoms with Crippen LogP contribution in [0.2, 0.25) is 0 Å². The van der Waals surface area contributed by atoms with Gasteiger partial charge in [-0.25, -0.2) is 9.50 Å². The van der Waals surface area contributed by atoms with Crippen LogP contribution in [0.3, 0.4) is 0 Å². The van der Waals surface area contributed by atoms with Gasteiger partial charge in [0.15, 0.2) is 0 Å². The molecule has 0 aliphatic carbocycles. The van der Waals surface area contributed by atoms with Gasteiger partial charge in [-0.1, -0.05) is 35.6 Å². The second-order valence-electron chi connectivity index (χ2n) is 6.41. The quantitative estimate of drug-likeness (QED) is 0.546. The van der Waals surface area contributed by atoms with E-state index in [0.717, 1.165) is 32.8 Å². The van der Waals surface area contributed by atoms with Gasteiger partial charge in [-0.05, 0) is 29.8 Å². The van der Waals surface area contributed by atoms with Crippen LogP contribution in [0.1, 0.15) is 5.56 Å². The van der Waals surface area contributed by atoms with Crippen molar-refractivity contribution in [1.29, 1.82) is 0 Å². The lowest BCUT2D eigenvalue weighted by Crippen LogP contribution is -2.08. The van der Waals surface area contributed by atoms with E-state index in [-0.39, 0.29) is 0 Å². The van der Waals surface area contributed by atoms with Crippen molar-refractivity contribution < 1.29 is 4.74 Å². The predicted molar refractivity (Wildman–Crippen MR) is 111 cm³/mol. The zero-order valence-electron chi connectivity index (χ0n) is 15.5. The molecule has 1 N–H and O–H groups in total. The van der Waals surface area contributed by atoms with E-state index in [4.69, 9.17) is 9.72 Å². The number of anilines is 2. The minimum Gasteiger partial charge on any atom is -0.497 e. The first-order chi connectivity index (χ1) is 13.1. The van der Waals surface area contributed by atoms with Crippen LogP contribution in [0.25, 0.3) is 16.2 Å². The Labute approximate surface area is 162 Å². The van der Waals surface area contributed by atoms with Gasteiger partial charge in [0.25, 0.3) is 0 Å². The largest absolute Gasteiger partial charge is 0.497 e. The third-order valence-electron chi connectivity index (χ3n) is 4.30. The van der Waals surface area contributed by atoms with Crippen molar-refractivity contribution in [2.75, 3.05) is 31.4 Å². The third kappa shape index (κ3) is 3.73. The van der Waals surface area contributed by atoms with Gasteiger partial charge >= 0.3 is 0 Å². The second-order valence-corrected chi connectivity index (χ2v) is 7.36. The summed E-state index contributed by atoms with van der Waals surface area (Å²) in [4.78, 5) is 7.68. The molecule has 0 atom stereocenters. The van der Waals surface area contributed by atoms with E-state index in [1.54, 1.807) is 18.4 Å². The Morgan fingerprint density at radius 3 is 2.67 bits per heavy atom. The summed E-state index contributed by atoms with van der Waals surface area (Å²) in [5, 5.41) is 8.80. The van der Waals surface area contributed by atoms with Crippen molar-refractivity contribution in [2.24, 2.45) is 0 Å². The van der Waals surface area contributed by atoms with Crippen molar-refractivity contribution in [3.8, 4) is 17.0 Å². The van der Waals surface area contributed by atoms with Gasteiger partial charge in [0.05, 0.1) is 19.0 Å². The molecule has 6 nitrogen and oxygen atoms in total. The number of hydrogen-bond donors (Lipinski definition) is 1. The van der Waals surface area contributed by atoms with E-state index in [2.05, 4.69) is 33.5 Å². The van der Waals surface area contributed by atoms with E-state index >= 15 is 0 Å². The molecule has 4 rings (SSSR count). The molecule has 0 amide bonds. The summed E-state index contributed by atoms with van der Waals surface area (Å²) in [6.45, 7) is 0.707. The summed E-state index contributed by atoms with van der Waals surface area (Å²) in [6, 6.07) is 16.3. The second kappa shape index (κ2) is 7.28. The average molecular weight is 379 g/mol. The number of fused-ring (bicyclic) bond motifs is 1. The molecule has 7 heteroatoms. The lowest BCUT2D eigenvalue weighted by atomic mass is 10.1. The van der Waals surface area contributed by atoms with Crippen LogP contribution in [0.5, 0.6) is 5.75 Å². The molecule has 0 aliphatic heterocycles. The predicted octanol–water partition coefficient (Wildman–Crippen LogP) is 4.14. The molecule has 0 fully saturated rings. The summed E-state index contributed by atoms with van der Waals surface area (Å²) in [5.74, 6) is 0.859. The minimum absolute atomic E-state index is 0.707. The van der Waals surface area contributed by atoms with Crippen LogP contribution in [0.15, 0.2) is 54.7 Å². The number of nitrogens with one attached hydrogen (secondary N) is 1. The van der Waals surface area contributed by atoms with Crippen LogP contribution >= 0.6 is 11.3 Å². The van der Waals surface area contributed by atoms with Crippen LogP contribution in [0, 0.1) is 0 Å². The molecule has 0 aliphatic rings. The molecule has 2 aromatic heterocycles. The summed E-state index contributed by atoms with van der Waals surface area (Å²) in [5.41, 5.74) is 4.34. The van der Waals surface area contributed by atoms with Gasteiger partial charge in [-0.2, -0.15) is 0 Å². The highest BCUT2D eigenvalue weighted by Crippen LogP contribution is 2.27. The lowest BCUT2D eigenvalue weighted by Gasteiger charge is -2.12. The number of rotatable bonds is 6. The first-order valence-corrected chi connectivity index (χ1v) is 9.45. The highest BCUT2D eigenvalue weighted by Gasteiger charge is 2.10. The monoisotopic (exact) mass is 379 g/mol. The van der Waals surface area contributed by atoms with Crippen molar-refractivity contribution in [1.82, 2.24) is 14.6 Å². The Hall–Kier alpha value is -3.06. The molecule has 138 valence electrons. The maximum Gasteiger partial charge on any atom is 0.214 e. The molecule has 0 radical (unpaired) electrons. The number of aromatic nitrogens is 3. The standard InChI is InChI=1S/C20H21N5OS/c1-24(2)16-6-4-5-15(11-16)18-13-25-20(22-18)27-19(23-25)21-12-14-7-9-17(26-3)10-8-14/h4-11,13H,12H2,1-3H3,(H,21,23). The smallest absolute Gasteiger partial charge is 0.214 e. The topological polar surface area (TPSA) is 54.7 Å². The van der Waals surface area contributed by atoms with Gasteiger partial charge in [0.1, 0.15) is 5.75 Å². The number of methoxy groups -OCH3 is 1. The molecular weight excluding hydrogens is 358 g/mol. The molecule has 27 heavy (non-hydrogen) atoms. The van der Waals surface area contributed by atoms with Crippen molar-refractivity contribution in [3.63, 3.8) is 0 Å². The van der Waals surface area contributed by atoms with E-state index in [9.17, 15) is 0 Å². The molecule has 2 heterocycles. The highest BCUT2D eigenvalue weighted by molar-refractivity contribution is 7.20.